The Kier molecular flexibility index (Phi) is 5.98. The van der Waals surface area contributed by atoms with Crippen molar-refractivity contribution in [2.24, 2.45) is 17.8 Å². The molecule has 0 saturated heterocycles. The van der Waals surface area contributed by atoms with Crippen molar-refractivity contribution >= 4 is 17.2 Å². The molecule has 0 radical (unpaired) electrons. The quantitative estimate of drug-likeness (QED) is 0.548. The Bertz CT molecular complexity index is 998. The number of Topliss-reactive ketones (excluding diaryl/α,β-unsaturated/α-hetero) is 1. The first kappa shape index (κ1) is 22.1. The average Bonchev–Trinajstić information content (AvgIpc) is 2.78. The average molecular weight is 449 g/mol. The third kappa shape index (κ3) is 4.83. The summed E-state index contributed by atoms with van der Waals surface area (Å²) in [6.45, 7) is 2.73. The van der Waals surface area contributed by atoms with Gasteiger partial charge in [-0.1, -0.05) is 19.8 Å². The lowest BCUT2D eigenvalue weighted by atomic mass is 9.67. The number of carbonyl (C=O) groups excluding carboxylic acids is 1. The van der Waals surface area contributed by atoms with E-state index in [-0.39, 0.29) is 11.4 Å². The summed E-state index contributed by atoms with van der Waals surface area (Å²) in [5, 5.41) is 0. The largest absolute Gasteiger partial charge is 0.489 e. The van der Waals surface area contributed by atoms with Gasteiger partial charge in [0.1, 0.15) is 23.7 Å². The molecule has 2 aromatic rings. The molecule has 3 aliphatic rings. The number of ether oxygens (including phenoxy) is 2. The van der Waals surface area contributed by atoms with Gasteiger partial charge in [0.25, 0.3) is 0 Å². The van der Waals surface area contributed by atoms with Crippen LogP contribution >= 0.6 is 0 Å². The molecule has 2 fully saturated rings. The summed E-state index contributed by atoms with van der Waals surface area (Å²) in [4.78, 5) is 13.1. The first-order chi connectivity index (χ1) is 15.9. The molecule has 33 heavy (non-hydrogen) atoms. The Balaban J connectivity index is 1.22. The van der Waals surface area contributed by atoms with Crippen LogP contribution in [0.4, 0.5) is 11.4 Å². The number of benzene rings is 2. The highest BCUT2D eigenvalue weighted by Crippen LogP contribution is 2.47. The van der Waals surface area contributed by atoms with Gasteiger partial charge in [0.05, 0.1) is 12.0 Å². The van der Waals surface area contributed by atoms with E-state index in [0.717, 1.165) is 36.2 Å². The topological polar surface area (TPSA) is 87.6 Å². The molecule has 2 saturated carbocycles. The van der Waals surface area contributed by atoms with Crippen molar-refractivity contribution in [3.63, 3.8) is 0 Å². The molecule has 1 aliphatic heterocycles. The van der Waals surface area contributed by atoms with E-state index < -0.39 is 0 Å². The fraction of sp³-hybridized carbons (Fsp3) is 0.536. The molecule has 5 heteroatoms. The number of fused-ring (bicyclic) bond motifs is 1. The molecule has 4 N–H and O–H groups in total. The predicted molar refractivity (Wildman–Crippen MR) is 131 cm³/mol. The maximum absolute atomic E-state index is 13.1. The highest BCUT2D eigenvalue weighted by atomic mass is 16.5. The maximum Gasteiger partial charge on any atom is 0.170 e. The zero-order valence-corrected chi connectivity index (χ0v) is 19.6. The second-order valence-electron chi connectivity index (χ2n) is 10.7. The summed E-state index contributed by atoms with van der Waals surface area (Å²) in [6.07, 6.45) is 10.4. The molecule has 5 nitrogen and oxygen atoms in total. The fourth-order valence-electron chi connectivity index (χ4n) is 6.23. The molecule has 0 amide bonds. The standard InChI is InChI=1S/C28H36N2O3/c1-18-2-4-20(5-3-18)21-8-10-28(11-9-21)16-26(31)25-15-24(6-7-27(25)33-28)32-17-19-12-22(29)14-23(30)13-19/h6-7,12-15,18,20-21H,2-5,8-11,16-17,29-30H2,1H3. The summed E-state index contributed by atoms with van der Waals surface area (Å²) in [5.41, 5.74) is 14.2. The van der Waals surface area contributed by atoms with E-state index in [4.69, 9.17) is 20.9 Å². The molecular formula is C28H36N2O3. The van der Waals surface area contributed by atoms with Crippen LogP contribution in [0.3, 0.4) is 0 Å². The van der Waals surface area contributed by atoms with Crippen molar-refractivity contribution < 1.29 is 14.3 Å². The van der Waals surface area contributed by atoms with E-state index in [1.54, 1.807) is 6.07 Å². The monoisotopic (exact) mass is 448 g/mol. The highest BCUT2D eigenvalue weighted by Gasteiger charge is 2.44. The van der Waals surface area contributed by atoms with Crippen LogP contribution in [0.1, 0.15) is 80.6 Å². The van der Waals surface area contributed by atoms with Gasteiger partial charge < -0.3 is 20.9 Å². The zero-order chi connectivity index (χ0) is 23.0. The Morgan fingerprint density at radius 1 is 0.939 bits per heavy atom. The Labute approximate surface area is 196 Å². The SMILES string of the molecule is CC1CCC(C2CCC3(CC2)CC(=O)c2cc(OCc4cc(N)cc(N)c4)ccc2O3)CC1. The van der Waals surface area contributed by atoms with Crippen molar-refractivity contribution in [3.05, 3.63) is 47.5 Å². The normalized spacial score (nSPS) is 29.4. The first-order valence-electron chi connectivity index (χ1n) is 12.5. The second kappa shape index (κ2) is 8.92. The molecule has 176 valence electrons. The molecule has 2 aromatic carbocycles. The number of carbonyl (C=O) groups is 1. The number of anilines is 2. The molecule has 1 heterocycles. The molecular weight excluding hydrogens is 412 g/mol. The molecule has 5 rings (SSSR count). The zero-order valence-electron chi connectivity index (χ0n) is 19.6. The van der Waals surface area contributed by atoms with E-state index in [1.165, 1.54) is 38.5 Å². The molecule has 0 unspecified atom stereocenters. The smallest absolute Gasteiger partial charge is 0.170 e. The fourth-order valence-corrected chi connectivity index (χ4v) is 6.23. The minimum absolute atomic E-state index is 0.167. The third-order valence-electron chi connectivity index (χ3n) is 8.17. The highest BCUT2D eigenvalue weighted by molar-refractivity contribution is 6.00. The lowest BCUT2D eigenvalue weighted by Crippen LogP contribution is -2.45. The van der Waals surface area contributed by atoms with E-state index in [1.807, 2.05) is 30.3 Å². The molecule has 0 bridgehead atoms. The van der Waals surface area contributed by atoms with Crippen molar-refractivity contribution in [2.45, 2.75) is 76.9 Å². The first-order valence-corrected chi connectivity index (χ1v) is 12.5. The van der Waals surface area contributed by atoms with E-state index in [0.29, 0.717) is 41.5 Å². The Morgan fingerprint density at radius 3 is 2.30 bits per heavy atom. The molecule has 1 spiro atoms. The van der Waals surface area contributed by atoms with E-state index in [9.17, 15) is 4.79 Å². The molecule has 2 aliphatic carbocycles. The van der Waals surface area contributed by atoms with Crippen LogP contribution in [0, 0.1) is 17.8 Å². The van der Waals surface area contributed by atoms with Crippen molar-refractivity contribution in [1.82, 2.24) is 0 Å². The van der Waals surface area contributed by atoms with Gasteiger partial charge >= 0.3 is 0 Å². The number of ketones is 1. The lowest BCUT2D eigenvalue weighted by molar-refractivity contribution is -0.00911. The van der Waals surface area contributed by atoms with Crippen LogP contribution in [-0.4, -0.2) is 11.4 Å². The van der Waals surface area contributed by atoms with Crippen LogP contribution in [0.15, 0.2) is 36.4 Å². The van der Waals surface area contributed by atoms with Crippen molar-refractivity contribution in [3.8, 4) is 11.5 Å². The van der Waals surface area contributed by atoms with E-state index in [2.05, 4.69) is 6.92 Å². The van der Waals surface area contributed by atoms with Gasteiger partial charge in [-0.15, -0.1) is 0 Å². The minimum Gasteiger partial charge on any atom is -0.489 e. The number of hydrogen-bond acceptors (Lipinski definition) is 5. The van der Waals surface area contributed by atoms with Gasteiger partial charge in [-0.25, -0.2) is 0 Å². The third-order valence-corrected chi connectivity index (χ3v) is 8.17. The summed E-state index contributed by atoms with van der Waals surface area (Å²) in [6, 6.07) is 11.0. The number of nitrogen functional groups attached to an aromatic ring is 2. The molecule has 0 atom stereocenters. The maximum atomic E-state index is 13.1. The van der Waals surface area contributed by atoms with Gasteiger partial charge in [-0.05, 0) is 98.2 Å². The minimum atomic E-state index is -0.315. The van der Waals surface area contributed by atoms with Gasteiger partial charge in [0.15, 0.2) is 5.78 Å². The summed E-state index contributed by atoms with van der Waals surface area (Å²) < 4.78 is 12.4. The number of rotatable bonds is 4. The van der Waals surface area contributed by atoms with Crippen LogP contribution < -0.4 is 20.9 Å². The van der Waals surface area contributed by atoms with Crippen molar-refractivity contribution in [2.75, 3.05) is 11.5 Å². The predicted octanol–water partition coefficient (Wildman–Crippen LogP) is 6.15. The van der Waals surface area contributed by atoms with Crippen LogP contribution in [0.25, 0.3) is 0 Å². The Morgan fingerprint density at radius 2 is 1.61 bits per heavy atom. The number of hydrogen-bond donors (Lipinski definition) is 2. The second-order valence-corrected chi connectivity index (χ2v) is 10.7. The van der Waals surface area contributed by atoms with Crippen LogP contribution in [0.2, 0.25) is 0 Å². The van der Waals surface area contributed by atoms with E-state index >= 15 is 0 Å². The van der Waals surface area contributed by atoms with Crippen LogP contribution in [-0.2, 0) is 6.61 Å². The van der Waals surface area contributed by atoms with Gasteiger partial charge in [0.2, 0.25) is 0 Å². The van der Waals surface area contributed by atoms with Gasteiger partial charge in [-0.3, -0.25) is 4.79 Å². The van der Waals surface area contributed by atoms with Gasteiger partial charge in [-0.2, -0.15) is 0 Å². The van der Waals surface area contributed by atoms with Gasteiger partial charge in [0, 0.05) is 11.4 Å². The number of nitrogens with two attached hydrogens (primary N) is 2. The molecule has 0 aromatic heterocycles. The van der Waals surface area contributed by atoms with Crippen molar-refractivity contribution in [1.29, 1.82) is 0 Å². The van der Waals surface area contributed by atoms with Crippen LogP contribution in [0.5, 0.6) is 11.5 Å². The summed E-state index contributed by atoms with van der Waals surface area (Å²) in [7, 11) is 0. The summed E-state index contributed by atoms with van der Waals surface area (Å²) >= 11 is 0. The Hall–Kier alpha value is -2.69. The summed E-state index contributed by atoms with van der Waals surface area (Å²) in [5.74, 6) is 4.10. The lowest BCUT2D eigenvalue weighted by Gasteiger charge is -2.45.